The van der Waals surface area contributed by atoms with Crippen LogP contribution in [0.3, 0.4) is 0 Å². The van der Waals surface area contributed by atoms with Gasteiger partial charge in [-0.2, -0.15) is 0 Å². The van der Waals surface area contributed by atoms with Crippen LogP contribution in [0.4, 0.5) is 4.39 Å². The lowest BCUT2D eigenvalue weighted by atomic mass is 9.98. The Labute approximate surface area is 185 Å². The van der Waals surface area contributed by atoms with Gasteiger partial charge in [0, 0.05) is 26.1 Å². The molecule has 1 atom stereocenters. The third-order valence-corrected chi connectivity index (χ3v) is 6.32. The number of carbonyl (C=O) groups excluding carboxylic acids is 1. The van der Waals surface area contributed by atoms with E-state index in [4.69, 9.17) is 26.2 Å². The number of hydrogen-bond donors (Lipinski definition) is 0. The van der Waals surface area contributed by atoms with Crippen molar-refractivity contribution in [2.75, 3.05) is 19.5 Å². The van der Waals surface area contributed by atoms with E-state index < -0.39 is 0 Å². The van der Waals surface area contributed by atoms with Crippen LogP contribution in [0.25, 0.3) is 0 Å². The van der Waals surface area contributed by atoms with Gasteiger partial charge in [-0.05, 0) is 61.7 Å². The van der Waals surface area contributed by atoms with Crippen LogP contribution in [0.5, 0.6) is 0 Å². The highest BCUT2D eigenvalue weighted by Gasteiger charge is 2.24. The molecule has 1 fully saturated rings. The number of thioether (sulfide) groups is 1. The number of aromatic nitrogens is 1. The number of ether oxygens (including phenoxy) is 2. The van der Waals surface area contributed by atoms with Gasteiger partial charge in [0.1, 0.15) is 18.2 Å². The lowest BCUT2D eigenvalue weighted by Gasteiger charge is -2.08. The first-order valence-corrected chi connectivity index (χ1v) is 11.7. The maximum absolute atomic E-state index is 13.8. The lowest BCUT2D eigenvalue weighted by Crippen LogP contribution is -2.09. The monoisotopic (exact) mass is 451 g/mol. The van der Waals surface area contributed by atoms with Gasteiger partial charge in [0.25, 0.3) is 0 Å². The molecule has 1 aromatic carbocycles. The van der Waals surface area contributed by atoms with Gasteiger partial charge in [-0.1, -0.05) is 35.1 Å². The number of Topliss-reactive ketones (excluding diaryl/α,β-unsaturated/α-hetero) is 1. The van der Waals surface area contributed by atoms with Crippen LogP contribution in [0.15, 0.2) is 28.8 Å². The van der Waals surface area contributed by atoms with Gasteiger partial charge in [0.15, 0.2) is 11.5 Å². The molecule has 0 N–H and O–H groups in total. The number of benzene rings is 1. The Morgan fingerprint density at radius 2 is 2.20 bits per heavy atom. The molecule has 162 valence electrons. The van der Waals surface area contributed by atoms with Gasteiger partial charge < -0.3 is 14.0 Å². The molecule has 1 saturated heterocycles. The van der Waals surface area contributed by atoms with Crippen LogP contribution in [-0.4, -0.2) is 34.8 Å². The summed E-state index contributed by atoms with van der Waals surface area (Å²) in [6.45, 7) is 1.62. The molecule has 0 spiro atoms. The normalized spacial score (nSPS) is 16.0. The molecular weight excluding hydrogens is 425 g/mol. The summed E-state index contributed by atoms with van der Waals surface area (Å²) in [7, 11) is 0. The van der Waals surface area contributed by atoms with E-state index in [9.17, 15) is 9.18 Å². The average Bonchev–Trinajstić information content (AvgIpc) is 3.41. The van der Waals surface area contributed by atoms with E-state index in [0.717, 1.165) is 19.4 Å². The second-order valence-corrected chi connectivity index (χ2v) is 8.72. The zero-order chi connectivity index (χ0) is 21.3. The summed E-state index contributed by atoms with van der Waals surface area (Å²) in [6, 6.07) is 6.73. The topological polar surface area (TPSA) is 61.6 Å². The van der Waals surface area contributed by atoms with Crippen molar-refractivity contribution in [1.82, 2.24) is 5.16 Å². The predicted molar refractivity (Wildman–Crippen MR) is 118 cm³/mol. The summed E-state index contributed by atoms with van der Waals surface area (Å²) in [5.74, 6) is 0.753. The number of ketones is 1. The third kappa shape index (κ3) is 6.36. The minimum absolute atomic E-state index is 0.0559. The van der Waals surface area contributed by atoms with Crippen molar-refractivity contribution in [1.29, 1.82) is 0 Å². The quantitative estimate of drug-likeness (QED) is 0.365. The molecule has 2 aromatic rings. The average molecular weight is 452 g/mol. The molecular formula is C22H26FNO4S2. The molecule has 1 aliphatic heterocycles. The Balaban J connectivity index is 1.65. The van der Waals surface area contributed by atoms with Crippen molar-refractivity contribution < 1.29 is 23.2 Å². The molecule has 30 heavy (non-hydrogen) atoms. The maximum atomic E-state index is 13.8. The summed E-state index contributed by atoms with van der Waals surface area (Å²) in [6.07, 6.45) is 5.78. The maximum Gasteiger partial charge on any atom is 0.220 e. The largest absolute Gasteiger partial charge is 0.473 e. The van der Waals surface area contributed by atoms with E-state index >= 15 is 0 Å². The summed E-state index contributed by atoms with van der Waals surface area (Å²) in [5, 5.41) is 4.05. The van der Waals surface area contributed by atoms with Gasteiger partial charge in [-0.15, -0.1) is 0 Å². The van der Waals surface area contributed by atoms with Gasteiger partial charge in [0.05, 0.1) is 5.56 Å². The Bertz CT molecular complexity index is 865. The number of carbonyl (C=O) groups is 1. The van der Waals surface area contributed by atoms with Crippen molar-refractivity contribution in [2.45, 2.75) is 45.1 Å². The minimum atomic E-state index is -0.212. The first-order valence-electron chi connectivity index (χ1n) is 10.1. The van der Waals surface area contributed by atoms with Crippen molar-refractivity contribution in [3.05, 3.63) is 52.7 Å². The van der Waals surface area contributed by atoms with Crippen molar-refractivity contribution in [2.24, 2.45) is 5.92 Å². The number of aryl methyl sites for hydroxylation is 2. The molecule has 0 radical (unpaired) electrons. The zero-order valence-electron chi connectivity index (χ0n) is 17.0. The van der Waals surface area contributed by atoms with E-state index in [1.54, 1.807) is 12.1 Å². The molecule has 2 heterocycles. The highest BCUT2D eigenvalue weighted by atomic mass is 32.2. The van der Waals surface area contributed by atoms with Gasteiger partial charge in [-0.25, -0.2) is 4.39 Å². The van der Waals surface area contributed by atoms with Crippen LogP contribution in [-0.2, 0) is 28.9 Å². The molecule has 3 rings (SSSR count). The fourth-order valence-electron chi connectivity index (χ4n) is 3.50. The van der Waals surface area contributed by atoms with E-state index in [2.05, 4.69) is 5.16 Å². The molecule has 0 aliphatic carbocycles. The summed E-state index contributed by atoms with van der Waals surface area (Å²) in [5.41, 5.74) is 1.62. The van der Waals surface area contributed by atoms with E-state index in [0.29, 0.717) is 65.2 Å². The van der Waals surface area contributed by atoms with Crippen LogP contribution in [0.1, 0.15) is 53.1 Å². The molecule has 5 nitrogen and oxygen atoms in total. The van der Waals surface area contributed by atoms with Crippen molar-refractivity contribution >= 4 is 34.1 Å². The summed E-state index contributed by atoms with van der Waals surface area (Å²) in [4.78, 5) is 12.8. The Hall–Kier alpha value is -1.77. The second kappa shape index (κ2) is 11.6. The Kier molecular flexibility index (Phi) is 8.84. The summed E-state index contributed by atoms with van der Waals surface area (Å²) >= 11 is 6.45. The molecule has 0 bridgehead atoms. The van der Waals surface area contributed by atoms with Crippen LogP contribution in [0.2, 0.25) is 0 Å². The van der Waals surface area contributed by atoms with Gasteiger partial charge >= 0.3 is 0 Å². The van der Waals surface area contributed by atoms with Gasteiger partial charge in [0.2, 0.25) is 4.38 Å². The predicted octanol–water partition coefficient (Wildman–Crippen LogP) is 5.15. The number of thiocarbonyl (C=S) groups is 1. The number of hydrogen-bond acceptors (Lipinski definition) is 7. The number of rotatable bonds is 10. The highest BCUT2D eigenvalue weighted by molar-refractivity contribution is 8.22. The second-order valence-electron chi connectivity index (χ2n) is 7.31. The molecule has 0 amide bonds. The van der Waals surface area contributed by atoms with Crippen LogP contribution >= 0.6 is 24.0 Å². The molecule has 8 heteroatoms. The Morgan fingerprint density at radius 3 is 2.93 bits per heavy atom. The molecule has 1 aromatic heterocycles. The van der Waals surface area contributed by atoms with Gasteiger partial charge in [-0.3, -0.25) is 4.79 Å². The smallest absolute Gasteiger partial charge is 0.220 e. The van der Waals surface area contributed by atoms with E-state index in [-0.39, 0.29) is 18.2 Å². The van der Waals surface area contributed by atoms with Crippen LogP contribution in [0, 0.1) is 11.7 Å². The molecule has 1 aliphatic rings. The minimum Gasteiger partial charge on any atom is -0.473 e. The lowest BCUT2D eigenvalue weighted by molar-refractivity contribution is 0.0960. The first kappa shape index (κ1) is 22.9. The molecule has 1 unspecified atom stereocenters. The van der Waals surface area contributed by atoms with Crippen LogP contribution < -0.4 is 0 Å². The van der Waals surface area contributed by atoms with E-state index in [1.165, 1.54) is 17.8 Å². The van der Waals surface area contributed by atoms with E-state index in [1.807, 2.05) is 12.3 Å². The van der Waals surface area contributed by atoms with Crippen molar-refractivity contribution in [3.63, 3.8) is 0 Å². The molecule has 0 saturated carbocycles. The highest BCUT2D eigenvalue weighted by Crippen LogP contribution is 2.24. The Morgan fingerprint density at radius 1 is 1.37 bits per heavy atom. The number of halogens is 1. The third-order valence-electron chi connectivity index (χ3n) is 5.25. The summed E-state index contributed by atoms with van der Waals surface area (Å²) < 4.78 is 30.7. The van der Waals surface area contributed by atoms with Crippen molar-refractivity contribution in [3.8, 4) is 0 Å². The fraction of sp³-hybridized carbons (Fsp3) is 0.500. The standard InChI is InChI=1S/C22H26FNO4S2/c1-30-22(29)27-14-17-20(8-4-6-16-5-2-3-7-18(16)23)28-24-21(17)19(25)10-9-15-11-12-26-13-15/h2-3,5,7,15H,4,6,8-14H2,1H3. The zero-order valence-corrected chi connectivity index (χ0v) is 18.7. The SMILES string of the molecule is CSC(=S)OCc1c(C(=O)CCC2CCOC2)noc1CCCc1ccccc1F. The first-order chi connectivity index (χ1) is 14.6. The number of nitrogens with zero attached hydrogens (tertiary/aromatic N) is 1. The fourth-order valence-corrected chi connectivity index (χ4v) is 3.74.